The van der Waals surface area contributed by atoms with Gasteiger partial charge in [-0.15, -0.1) is 0 Å². The van der Waals surface area contributed by atoms with Gasteiger partial charge in [0.15, 0.2) is 5.78 Å². The van der Waals surface area contributed by atoms with Crippen molar-refractivity contribution in [2.24, 2.45) is 5.41 Å². The van der Waals surface area contributed by atoms with Gasteiger partial charge in [-0.3, -0.25) is 4.79 Å². The van der Waals surface area contributed by atoms with Crippen molar-refractivity contribution < 1.29 is 9.53 Å². The van der Waals surface area contributed by atoms with Gasteiger partial charge in [-0.2, -0.15) is 0 Å². The summed E-state index contributed by atoms with van der Waals surface area (Å²) in [5.41, 5.74) is 1.63. The van der Waals surface area contributed by atoms with Crippen LogP contribution in [0.2, 0.25) is 0 Å². The molecule has 0 aliphatic carbocycles. The molecule has 1 rings (SSSR count). The minimum Gasteiger partial charge on any atom is -0.373 e. The number of carbonyl (C=O) groups excluding carboxylic acids is 1. The SMILES string of the molecule is COC(C(=O)c1cccc(C)c1)C(C)(C)C. The highest BCUT2D eigenvalue weighted by molar-refractivity contribution is 6.00. The van der Waals surface area contributed by atoms with Crippen LogP contribution in [0.25, 0.3) is 0 Å². The number of methoxy groups -OCH3 is 1. The Hall–Kier alpha value is -1.15. The first-order valence-electron chi connectivity index (χ1n) is 5.50. The van der Waals surface area contributed by atoms with Crippen molar-refractivity contribution in [1.29, 1.82) is 0 Å². The maximum absolute atomic E-state index is 12.2. The van der Waals surface area contributed by atoms with Crippen LogP contribution in [-0.4, -0.2) is 19.0 Å². The Kier molecular flexibility index (Phi) is 3.87. The molecule has 0 amide bonds. The van der Waals surface area contributed by atoms with Crippen molar-refractivity contribution in [3.8, 4) is 0 Å². The van der Waals surface area contributed by atoms with Gasteiger partial charge in [0.2, 0.25) is 0 Å². The van der Waals surface area contributed by atoms with E-state index in [2.05, 4.69) is 0 Å². The van der Waals surface area contributed by atoms with E-state index in [0.717, 1.165) is 11.1 Å². The Morgan fingerprint density at radius 3 is 2.38 bits per heavy atom. The summed E-state index contributed by atoms with van der Waals surface area (Å²) in [5, 5.41) is 0. The van der Waals surface area contributed by atoms with E-state index in [9.17, 15) is 4.79 Å². The lowest BCUT2D eigenvalue weighted by atomic mass is 9.84. The number of Topliss-reactive ketones (excluding diaryl/α,β-unsaturated/α-hetero) is 1. The summed E-state index contributed by atoms with van der Waals surface area (Å²) in [6, 6.07) is 7.63. The number of carbonyl (C=O) groups is 1. The molecule has 1 aromatic carbocycles. The zero-order valence-electron chi connectivity index (χ0n) is 10.7. The number of rotatable bonds is 3. The van der Waals surface area contributed by atoms with Crippen molar-refractivity contribution in [3.05, 3.63) is 35.4 Å². The molecule has 16 heavy (non-hydrogen) atoms. The molecule has 2 nitrogen and oxygen atoms in total. The van der Waals surface area contributed by atoms with E-state index in [1.165, 1.54) is 0 Å². The van der Waals surface area contributed by atoms with E-state index in [1.54, 1.807) is 7.11 Å². The highest BCUT2D eigenvalue weighted by Crippen LogP contribution is 2.25. The molecule has 0 fully saturated rings. The Morgan fingerprint density at radius 2 is 1.94 bits per heavy atom. The van der Waals surface area contributed by atoms with Crippen LogP contribution in [0.15, 0.2) is 24.3 Å². The third-order valence-electron chi connectivity index (χ3n) is 2.56. The first-order chi connectivity index (χ1) is 7.36. The molecule has 0 aliphatic rings. The van der Waals surface area contributed by atoms with Crippen molar-refractivity contribution >= 4 is 5.78 Å². The second-order valence-corrected chi connectivity index (χ2v) is 5.22. The van der Waals surface area contributed by atoms with Gasteiger partial charge in [-0.1, -0.05) is 44.5 Å². The summed E-state index contributed by atoms with van der Waals surface area (Å²) in [6.45, 7) is 8.01. The van der Waals surface area contributed by atoms with E-state index in [1.807, 2.05) is 52.0 Å². The molecule has 88 valence electrons. The van der Waals surface area contributed by atoms with E-state index < -0.39 is 6.10 Å². The zero-order valence-corrected chi connectivity index (χ0v) is 10.7. The lowest BCUT2D eigenvalue weighted by molar-refractivity contribution is 0.0196. The lowest BCUT2D eigenvalue weighted by Crippen LogP contribution is -2.36. The van der Waals surface area contributed by atoms with Gasteiger partial charge in [0.05, 0.1) is 0 Å². The first kappa shape index (κ1) is 12.9. The summed E-state index contributed by atoms with van der Waals surface area (Å²) in [5.74, 6) is 0.0544. The molecule has 0 bridgehead atoms. The third-order valence-corrected chi connectivity index (χ3v) is 2.56. The topological polar surface area (TPSA) is 26.3 Å². The molecule has 0 heterocycles. The van der Waals surface area contributed by atoms with Gasteiger partial charge in [-0.05, 0) is 18.4 Å². The van der Waals surface area contributed by atoms with E-state index in [0.29, 0.717) is 0 Å². The molecule has 1 aromatic rings. The average Bonchev–Trinajstić information content (AvgIpc) is 2.16. The number of aryl methyl sites for hydroxylation is 1. The lowest BCUT2D eigenvalue weighted by Gasteiger charge is -2.28. The highest BCUT2D eigenvalue weighted by atomic mass is 16.5. The number of hydrogen-bond acceptors (Lipinski definition) is 2. The number of hydrogen-bond donors (Lipinski definition) is 0. The number of benzene rings is 1. The molecule has 0 N–H and O–H groups in total. The maximum Gasteiger partial charge on any atom is 0.192 e. The van der Waals surface area contributed by atoms with Crippen molar-refractivity contribution in [2.45, 2.75) is 33.8 Å². The molecule has 0 saturated heterocycles. The minimum atomic E-state index is -0.394. The molecule has 0 aromatic heterocycles. The third kappa shape index (κ3) is 2.92. The van der Waals surface area contributed by atoms with Crippen molar-refractivity contribution in [3.63, 3.8) is 0 Å². The summed E-state index contributed by atoms with van der Waals surface area (Å²) in [6.07, 6.45) is -0.394. The summed E-state index contributed by atoms with van der Waals surface area (Å²) in [4.78, 5) is 12.2. The van der Waals surface area contributed by atoms with E-state index in [-0.39, 0.29) is 11.2 Å². The van der Waals surface area contributed by atoms with Crippen LogP contribution in [0.3, 0.4) is 0 Å². The Morgan fingerprint density at radius 1 is 1.31 bits per heavy atom. The molecular weight excluding hydrogens is 200 g/mol. The van der Waals surface area contributed by atoms with Crippen LogP contribution in [0.5, 0.6) is 0 Å². The minimum absolute atomic E-state index is 0.0544. The van der Waals surface area contributed by atoms with E-state index in [4.69, 9.17) is 4.74 Å². The van der Waals surface area contributed by atoms with Crippen LogP contribution in [0.4, 0.5) is 0 Å². The van der Waals surface area contributed by atoms with Crippen LogP contribution in [0.1, 0.15) is 36.7 Å². The monoisotopic (exact) mass is 220 g/mol. The summed E-state index contributed by atoms with van der Waals surface area (Å²) >= 11 is 0. The number of ether oxygens (including phenoxy) is 1. The van der Waals surface area contributed by atoms with Gasteiger partial charge >= 0.3 is 0 Å². The van der Waals surface area contributed by atoms with Crippen LogP contribution >= 0.6 is 0 Å². The smallest absolute Gasteiger partial charge is 0.192 e. The molecule has 1 unspecified atom stereocenters. The normalized spacial score (nSPS) is 13.6. The predicted octanol–water partition coefficient (Wildman–Crippen LogP) is 3.24. The molecule has 0 spiro atoms. The molecule has 0 radical (unpaired) electrons. The summed E-state index contributed by atoms with van der Waals surface area (Å²) in [7, 11) is 1.59. The van der Waals surface area contributed by atoms with Crippen LogP contribution in [-0.2, 0) is 4.74 Å². The fraction of sp³-hybridized carbons (Fsp3) is 0.500. The van der Waals surface area contributed by atoms with Gasteiger partial charge in [0, 0.05) is 12.7 Å². The van der Waals surface area contributed by atoms with Gasteiger partial charge in [0.1, 0.15) is 6.10 Å². The molecule has 1 atom stereocenters. The Balaban J connectivity index is 3.01. The number of ketones is 1. The predicted molar refractivity (Wildman–Crippen MR) is 65.8 cm³/mol. The second kappa shape index (κ2) is 4.79. The average molecular weight is 220 g/mol. The largest absolute Gasteiger partial charge is 0.373 e. The van der Waals surface area contributed by atoms with Gasteiger partial charge in [0.25, 0.3) is 0 Å². The van der Waals surface area contributed by atoms with Crippen LogP contribution in [0, 0.1) is 12.3 Å². The van der Waals surface area contributed by atoms with Crippen molar-refractivity contribution in [2.75, 3.05) is 7.11 Å². The second-order valence-electron chi connectivity index (χ2n) is 5.22. The van der Waals surface area contributed by atoms with E-state index >= 15 is 0 Å². The van der Waals surface area contributed by atoms with Crippen LogP contribution < -0.4 is 0 Å². The van der Waals surface area contributed by atoms with Gasteiger partial charge < -0.3 is 4.74 Å². The van der Waals surface area contributed by atoms with Gasteiger partial charge in [-0.25, -0.2) is 0 Å². The molecule has 0 saturated carbocycles. The Bertz CT molecular complexity index is 375. The first-order valence-corrected chi connectivity index (χ1v) is 5.50. The molecular formula is C14H20O2. The highest BCUT2D eigenvalue weighted by Gasteiger charge is 2.31. The quantitative estimate of drug-likeness (QED) is 0.731. The molecule has 0 aliphatic heterocycles. The Labute approximate surface area is 97.6 Å². The fourth-order valence-corrected chi connectivity index (χ4v) is 1.80. The van der Waals surface area contributed by atoms with Crippen molar-refractivity contribution in [1.82, 2.24) is 0 Å². The molecule has 2 heteroatoms. The standard InChI is InChI=1S/C14H20O2/c1-10-7-6-8-11(9-10)12(15)13(16-5)14(2,3)4/h6-9,13H,1-5H3. The summed E-state index contributed by atoms with van der Waals surface area (Å²) < 4.78 is 5.32. The zero-order chi connectivity index (χ0) is 12.3. The maximum atomic E-state index is 12.2. The fourth-order valence-electron chi connectivity index (χ4n) is 1.80.